The summed E-state index contributed by atoms with van der Waals surface area (Å²) in [6, 6.07) is 11.4. The molecule has 0 saturated heterocycles. The summed E-state index contributed by atoms with van der Waals surface area (Å²) in [7, 11) is -2.25. The van der Waals surface area contributed by atoms with Crippen molar-refractivity contribution in [3.8, 4) is 0 Å². The number of halogens is 3. The minimum atomic E-state index is -4.42. The van der Waals surface area contributed by atoms with Gasteiger partial charge in [0.15, 0.2) is 11.0 Å². The van der Waals surface area contributed by atoms with E-state index in [4.69, 9.17) is 0 Å². The summed E-state index contributed by atoms with van der Waals surface area (Å²) in [6.07, 6.45) is -2.69. The van der Waals surface area contributed by atoms with Gasteiger partial charge in [-0.25, -0.2) is 4.98 Å². The molecule has 0 saturated carbocycles. The second-order valence-corrected chi connectivity index (χ2v) is 9.98. The first-order valence-electron chi connectivity index (χ1n) is 9.59. The van der Waals surface area contributed by atoms with E-state index < -0.39 is 27.7 Å². The molecule has 0 atom stereocenters. The van der Waals surface area contributed by atoms with Gasteiger partial charge in [0.25, 0.3) is 10.0 Å². The Kier molecular flexibility index (Phi) is 5.97. The van der Waals surface area contributed by atoms with E-state index in [9.17, 15) is 26.4 Å². The highest BCUT2D eigenvalue weighted by atomic mass is 32.2. The number of amidine groups is 1. The molecule has 1 aliphatic rings. The molecule has 0 fully saturated rings. The van der Waals surface area contributed by atoms with Crippen LogP contribution in [0.15, 0.2) is 64.0 Å². The maximum Gasteiger partial charge on any atom is 0.416 e. The van der Waals surface area contributed by atoms with E-state index in [1.54, 1.807) is 31.3 Å². The Morgan fingerprint density at radius 3 is 2.67 bits per heavy atom. The average Bonchev–Trinajstić information content (AvgIpc) is 3.29. The number of anilines is 1. The summed E-state index contributed by atoms with van der Waals surface area (Å²) in [5.41, 5.74) is 0.176. The molecule has 2 aromatic carbocycles. The van der Waals surface area contributed by atoms with Gasteiger partial charge in [-0.3, -0.25) is 4.79 Å². The predicted molar refractivity (Wildman–Crippen MR) is 118 cm³/mol. The fraction of sp³-hybridized carbons (Fsp3) is 0.190. The van der Waals surface area contributed by atoms with Gasteiger partial charge in [-0.15, -0.1) is 15.7 Å². The third-order valence-corrected chi connectivity index (χ3v) is 7.03. The third-order valence-electron chi connectivity index (χ3n) is 4.79. The Morgan fingerprint density at radius 2 is 1.91 bits per heavy atom. The number of fused-ring (bicyclic) bond motifs is 1. The van der Waals surface area contributed by atoms with Crippen molar-refractivity contribution >= 4 is 38.2 Å². The number of sulfonamides is 1. The molecule has 0 bridgehead atoms. The summed E-state index contributed by atoms with van der Waals surface area (Å²) >= 11 is 1.15. The molecule has 0 aliphatic carbocycles. The van der Waals surface area contributed by atoms with Crippen LogP contribution < -0.4 is 5.32 Å². The van der Waals surface area contributed by atoms with E-state index in [1.165, 1.54) is 23.2 Å². The average molecular weight is 495 g/mol. The van der Waals surface area contributed by atoms with Gasteiger partial charge >= 0.3 is 6.18 Å². The molecule has 1 amide bonds. The zero-order valence-electron chi connectivity index (χ0n) is 17.1. The van der Waals surface area contributed by atoms with Crippen LogP contribution in [0.1, 0.15) is 21.6 Å². The van der Waals surface area contributed by atoms with Gasteiger partial charge in [-0.1, -0.05) is 30.3 Å². The zero-order valence-corrected chi connectivity index (χ0v) is 18.8. The van der Waals surface area contributed by atoms with E-state index in [0.29, 0.717) is 16.0 Å². The zero-order chi connectivity index (χ0) is 23.8. The number of rotatable bonds is 5. The number of benzene rings is 2. The van der Waals surface area contributed by atoms with Gasteiger partial charge in [0.1, 0.15) is 4.90 Å². The molecular weight excluding hydrogens is 477 g/mol. The Bertz CT molecular complexity index is 1350. The van der Waals surface area contributed by atoms with Gasteiger partial charge in [-0.05, 0) is 23.8 Å². The number of carbonyl (C=O) groups is 1. The number of nitrogens with zero attached hydrogens (tertiary/aromatic N) is 3. The molecule has 0 unspecified atom stereocenters. The molecule has 1 aliphatic heterocycles. The lowest BCUT2D eigenvalue weighted by molar-refractivity contribution is -0.137. The van der Waals surface area contributed by atoms with E-state index in [2.05, 4.69) is 14.7 Å². The van der Waals surface area contributed by atoms with Crippen molar-refractivity contribution in [2.75, 3.05) is 18.9 Å². The summed E-state index contributed by atoms with van der Waals surface area (Å²) in [5, 5.41) is 2.91. The fourth-order valence-corrected chi connectivity index (χ4v) is 5.43. The Morgan fingerprint density at radius 1 is 1.15 bits per heavy atom. The van der Waals surface area contributed by atoms with E-state index >= 15 is 0 Å². The standard InChI is InChI=1S/C21H17F3N4O3S2/c1-28(19-16-7-2-3-8-17(16)33(30,31)27-19)12-18(29)26-20-25-11-15(32-20)10-13-5-4-6-14(9-13)21(22,23)24/h2-9,11H,10,12H2,1H3,(H,25,26,29). The highest BCUT2D eigenvalue weighted by Crippen LogP contribution is 2.31. The van der Waals surface area contributed by atoms with Crippen molar-refractivity contribution in [2.24, 2.45) is 4.40 Å². The molecule has 1 aromatic heterocycles. The van der Waals surface area contributed by atoms with Crippen LogP contribution in [0, 0.1) is 0 Å². The molecule has 7 nitrogen and oxygen atoms in total. The number of carbonyl (C=O) groups excluding carboxylic acids is 1. The van der Waals surface area contributed by atoms with Crippen molar-refractivity contribution in [2.45, 2.75) is 17.5 Å². The molecule has 0 spiro atoms. The maximum absolute atomic E-state index is 12.9. The molecule has 2 heterocycles. The van der Waals surface area contributed by atoms with Gasteiger partial charge < -0.3 is 10.2 Å². The van der Waals surface area contributed by atoms with Gasteiger partial charge in [0, 0.05) is 30.1 Å². The van der Waals surface area contributed by atoms with Crippen LogP contribution in [-0.4, -0.2) is 43.6 Å². The van der Waals surface area contributed by atoms with Crippen LogP contribution in [0.4, 0.5) is 18.3 Å². The maximum atomic E-state index is 12.9. The summed E-state index contributed by atoms with van der Waals surface area (Å²) < 4.78 is 66.8. The highest BCUT2D eigenvalue weighted by Gasteiger charge is 2.31. The summed E-state index contributed by atoms with van der Waals surface area (Å²) in [6.45, 7) is -0.175. The number of likely N-dealkylation sites (N-methyl/N-ethyl adjacent to an activating group) is 1. The van der Waals surface area contributed by atoms with Crippen LogP contribution in [0.25, 0.3) is 0 Å². The molecule has 172 valence electrons. The summed E-state index contributed by atoms with van der Waals surface area (Å²) in [4.78, 5) is 18.8. The van der Waals surface area contributed by atoms with E-state index in [0.717, 1.165) is 23.5 Å². The molecule has 33 heavy (non-hydrogen) atoms. The van der Waals surface area contributed by atoms with Crippen molar-refractivity contribution < 1.29 is 26.4 Å². The van der Waals surface area contributed by atoms with Crippen LogP contribution >= 0.6 is 11.3 Å². The predicted octanol–water partition coefficient (Wildman–Crippen LogP) is 3.77. The number of hydrogen-bond acceptors (Lipinski definition) is 6. The number of hydrogen-bond donors (Lipinski definition) is 1. The van der Waals surface area contributed by atoms with Crippen LogP contribution in [-0.2, 0) is 27.4 Å². The lowest BCUT2D eigenvalue weighted by Crippen LogP contribution is -2.34. The number of amides is 1. The van der Waals surface area contributed by atoms with Crippen molar-refractivity contribution in [1.29, 1.82) is 0 Å². The monoisotopic (exact) mass is 494 g/mol. The van der Waals surface area contributed by atoms with Crippen LogP contribution in [0.2, 0.25) is 0 Å². The van der Waals surface area contributed by atoms with Gasteiger partial charge in [0.05, 0.1) is 12.1 Å². The smallest absolute Gasteiger partial charge is 0.349 e. The first-order chi connectivity index (χ1) is 15.5. The number of aromatic nitrogens is 1. The van der Waals surface area contributed by atoms with Crippen molar-refractivity contribution in [3.05, 3.63) is 76.3 Å². The highest BCUT2D eigenvalue weighted by molar-refractivity contribution is 7.90. The molecule has 4 rings (SSSR count). The molecule has 0 radical (unpaired) electrons. The lowest BCUT2D eigenvalue weighted by Gasteiger charge is -2.17. The quantitative estimate of drug-likeness (QED) is 0.583. The summed E-state index contributed by atoms with van der Waals surface area (Å²) in [5.74, 6) is -0.271. The Balaban J connectivity index is 1.40. The second-order valence-electron chi connectivity index (χ2n) is 7.30. The van der Waals surface area contributed by atoms with Gasteiger partial charge in [0.2, 0.25) is 5.91 Å². The molecule has 12 heteroatoms. The minimum absolute atomic E-state index is 0.0893. The van der Waals surface area contributed by atoms with Gasteiger partial charge in [-0.2, -0.15) is 21.6 Å². The number of alkyl halides is 3. The van der Waals surface area contributed by atoms with E-state index in [-0.39, 0.29) is 28.8 Å². The molecular formula is C21H17F3N4O3S2. The normalized spacial score (nSPS) is 14.5. The van der Waals surface area contributed by atoms with Crippen molar-refractivity contribution in [3.63, 3.8) is 0 Å². The van der Waals surface area contributed by atoms with Crippen molar-refractivity contribution in [1.82, 2.24) is 9.88 Å². The topological polar surface area (TPSA) is 91.7 Å². The SMILES string of the molecule is CN(CC(=O)Nc1ncc(Cc2cccc(C(F)(F)F)c2)s1)C1=NS(=O)(=O)c2ccccc21. The number of nitrogens with one attached hydrogen (secondary N) is 1. The van der Waals surface area contributed by atoms with Crippen LogP contribution in [0.3, 0.4) is 0 Å². The Labute approximate surface area is 191 Å². The molecule has 3 aromatic rings. The lowest BCUT2D eigenvalue weighted by atomic mass is 10.1. The second kappa shape index (κ2) is 8.60. The van der Waals surface area contributed by atoms with E-state index in [1.807, 2.05) is 0 Å². The fourth-order valence-electron chi connectivity index (χ4n) is 3.32. The molecule has 1 N–H and O–H groups in total. The van der Waals surface area contributed by atoms with Crippen LogP contribution in [0.5, 0.6) is 0 Å². The first kappa shape index (κ1) is 22.9. The third kappa shape index (κ3) is 5.06. The number of thiazole rings is 1. The minimum Gasteiger partial charge on any atom is -0.349 e. The first-order valence-corrected chi connectivity index (χ1v) is 11.8. The largest absolute Gasteiger partial charge is 0.416 e. The Hall–Kier alpha value is -3.25.